The molecular formula is C20H21N3O5S. The summed E-state index contributed by atoms with van der Waals surface area (Å²) in [5, 5.41) is 21.8. The third kappa shape index (κ3) is 4.01. The molecule has 8 nitrogen and oxygen atoms in total. The number of aliphatic hydroxyl groups is 1. The molecule has 0 radical (unpaired) electrons. The largest absolute Gasteiger partial charge is 0.491 e. The number of nitro groups is 1. The van der Waals surface area contributed by atoms with Crippen LogP contribution in [0.5, 0.6) is 5.75 Å². The number of aryl methyl sites for hydroxylation is 1. The van der Waals surface area contributed by atoms with Crippen molar-refractivity contribution < 1.29 is 14.8 Å². The predicted molar refractivity (Wildman–Crippen MR) is 110 cm³/mol. The van der Waals surface area contributed by atoms with Crippen LogP contribution in [0.4, 0.5) is 5.69 Å². The molecule has 0 aliphatic heterocycles. The topological polar surface area (TPSA) is 107 Å². The van der Waals surface area contributed by atoms with Crippen LogP contribution in [0.25, 0.3) is 10.2 Å². The van der Waals surface area contributed by atoms with E-state index in [1.807, 2.05) is 0 Å². The second-order valence-corrected chi connectivity index (χ2v) is 8.54. The Morgan fingerprint density at radius 2 is 2.31 bits per heavy atom. The van der Waals surface area contributed by atoms with E-state index in [-0.39, 0.29) is 24.4 Å². The van der Waals surface area contributed by atoms with E-state index < -0.39 is 11.0 Å². The van der Waals surface area contributed by atoms with Crippen LogP contribution >= 0.6 is 11.3 Å². The number of ether oxygens (including phenoxy) is 1. The SMILES string of the molecule is CC1CCc2c(sc3ncn(CC(O)COc4cccc([N+](=O)[O-])c4)c(=O)c23)C1. The number of thiophene rings is 1. The highest BCUT2D eigenvalue weighted by Gasteiger charge is 2.23. The van der Waals surface area contributed by atoms with Crippen LogP contribution in [-0.4, -0.2) is 32.3 Å². The van der Waals surface area contributed by atoms with Gasteiger partial charge in [-0.1, -0.05) is 13.0 Å². The second kappa shape index (κ2) is 7.92. The van der Waals surface area contributed by atoms with Crippen molar-refractivity contribution in [2.75, 3.05) is 6.61 Å². The van der Waals surface area contributed by atoms with Crippen LogP contribution in [0.3, 0.4) is 0 Å². The van der Waals surface area contributed by atoms with Crippen molar-refractivity contribution in [2.45, 2.75) is 38.8 Å². The summed E-state index contributed by atoms with van der Waals surface area (Å²) in [5.74, 6) is 0.908. The van der Waals surface area contributed by atoms with Crippen molar-refractivity contribution in [1.29, 1.82) is 0 Å². The maximum Gasteiger partial charge on any atom is 0.273 e. The Labute approximate surface area is 170 Å². The fourth-order valence-corrected chi connectivity index (χ4v) is 5.00. The van der Waals surface area contributed by atoms with Gasteiger partial charge >= 0.3 is 0 Å². The minimum Gasteiger partial charge on any atom is -0.491 e. The summed E-state index contributed by atoms with van der Waals surface area (Å²) in [6.07, 6.45) is 3.44. The number of nitro benzene ring substituents is 1. The van der Waals surface area contributed by atoms with Gasteiger partial charge < -0.3 is 9.84 Å². The summed E-state index contributed by atoms with van der Waals surface area (Å²) < 4.78 is 6.87. The van der Waals surface area contributed by atoms with Gasteiger partial charge in [0.15, 0.2) is 0 Å². The number of non-ortho nitro benzene ring substituents is 1. The molecule has 9 heteroatoms. The molecule has 29 heavy (non-hydrogen) atoms. The highest BCUT2D eigenvalue weighted by atomic mass is 32.1. The molecule has 2 unspecified atom stereocenters. The molecule has 0 saturated carbocycles. The van der Waals surface area contributed by atoms with Gasteiger partial charge in [0, 0.05) is 10.9 Å². The lowest BCUT2D eigenvalue weighted by Crippen LogP contribution is -2.30. The number of benzene rings is 1. The molecule has 2 aromatic heterocycles. The lowest BCUT2D eigenvalue weighted by molar-refractivity contribution is -0.384. The van der Waals surface area contributed by atoms with Gasteiger partial charge in [-0.05, 0) is 36.8 Å². The molecule has 152 valence electrons. The molecule has 2 heterocycles. The third-order valence-electron chi connectivity index (χ3n) is 5.16. The predicted octanol–water partition coefficient (Wildman–Crippen LogP) is 2.93. The Balaban J connectivity index is 1.49. The maximum atomic E-state index is 13.0. The molecule has 0 fully saturated rings. The van der Waals surface area contributed by atoms with E-state index in [1.165, 1.54) is 34.0 Å². The molecule has 0 bridgehead atoms. The van der Waals surface area contributed by atoms with Gasteiger partial charge in [0.25, 0.3) is 11.2 Å². The van der Waals surface area contributed by atoms with E-state index in [0.717, 1.165) is 29.7 Å². The van der Waals surface area contributed by atoms with E-state index >= 15 is 0 Å². The van der Waals surface area contributed by atoms with Crippen molar-refractivity contribution in [3.63, 3.8) is 0 Å². The molecule has 0 saturated heterocycles. The average molecular weight is 415 g/mol. The third-order valence-corrected chi connectivity index (χ3v) is 6.32. The monoisotopic (exact) mass is 415 g/mol. The van der Waals surface area contributed by atoms with Crippen LogP contribution in [0, 0.1) is 16.0 Å². The van der Waals surface area contributed by atoms with Gasteiger partial charge in [0.05, 0.1) is 29.2 Å². The fourth-order valence-electron chi connectivity index (χ4n) is 3.66. The number of nitrogens with zero attached hydrogens (tertiary/aromatic N) is 3. The normalized spacial score (nSPS) is 17.1. The maximum absolute atomic E-state index is 13.0. The van der Waals surface area contributed by atoms with Gasteiger partial charge in [0.2, 0.25) is 0 Å². The number of hydrogen-bond acceptors (Lipinski definition) is 7. The number of hydrogen-bond donors (Lipinski definition) is 1. The van der Waals surface area contributed by atoms with Gasteiger partial charge in [0.1, 0.15) is 23.3 Å². The molecule has 3 aromatic rings. The summed E-state index contributed by atoms with van der Waals surface area (Å²) in [6.45, 7) is 2.17. The van der Waals surface area contributed by atoms with Crippen LogP contribution in [0.1, 0.15) is 23.8 Å². The van der Waals surface area contributed by atoms with Crippen molar-refractivity contribution in [1.82, 2.24) is 9.55 Å². The molecule has 1 N–H and O–H groups in total. The van der Waals surface area contributed by atoms with Crippen molar-refractivity contribution >= 4 is 27.2 Å². The van der Waals surface area contributed by atoms with E-state index in [0.29, 0.717) is 17.1 Å². The zero-order chi connectivity index (χ0) is 20.5. The first-order valence-electron chi connectivity index (χ1n) is 9.47. The van der Waals surface area contributed by atoms with Crippen LogP contribution in [-0.2, 0) is 19.4 Å². The average Bonchev–Trinajstić information content (AvgIpc) is 3.07. The summed E-state index contributed by atoms with van der Waals surface area (Å²) in [5.41, 5.74) is 0.883. The minimum absolute atomic E-state index is 0.0394. The molecule has 1 aromatic carbocycles. The zero-order valence-corrected chi connectivity index (χ0v) is 16.7. The quantitative estimate of drug-likeness (QED) is 0.490. The first-order chi connectivity index (χ1) is 13.9. The number of rotatable bonds is 6. The Morgan fingerprint density at radius 3 is 3.10 bits per heavy atom. The molecule has 1 aliphatic rings. The highest BCUT2D eigenvalue weighted by Crippen LogP contribution is 2.35. The van der Waals surface area contributed by atoms with E-state index in [4.69, 9.17) is 4.74 Å². The van der Waals surface area contributed by atoms with Crippen LogP contribution in [0.2, 0.25) is 0 Å². The Kier molecular flexibility index (Phi) is 5.33. The number of aromatic nitrogens is 2. The Bertz CT molecular complexity index is 1120. The van der Waals surface area contributed by atoms with Crippen molar-refractivity contribution in [3.8, 4) is 5.75 Å². The van der Waals surface area contributed by atoms with Crippen molar-refractivity contribution in [2.24, 2.45) is 5.92 Å². The summed E-state index contributed by atoms with van der Waals surface area (Å²) >= 11 is 1.59. The van der Waals surface area contributed by atoms with Crippen LogP contribution < -0.4 is 10.3 Å². The molecular weight excluding hydrogens is 394 g/mol. The van der Waals surface area contributed by atoms with E-state index in [1.54, 1.807) is 17.4 Å². The van der Waals surface area contributed by atoms with Crippen LogP contribution in [0.15, 0.2) is 35.4 Å². The van der Waals surface area contributed by atoms with Gasteiger partial charge in [-0.3, -0.25) is 19.5 Å². The first-order valence-corrected chi connectivity index (χ1v) is 10.3. The van der Waals surface area contributed by atoms with Gasteiger partial charge in [-0.25, -0.2) is 4.98 Å². The molecule has 0 spiro atoms. The van der Waals surface area contributed by atoms with E-state index in [2.05, 4.69) is 11.9 Å². The van der Waals surface area contributed by atoms with Crippen molar-refractivity contribution in [3.05, 3.63) is 61.5 Å². The van der Waals surface area contributed by atoms with Gasteiger partial charge in [-0.15, -0.1) is 11.3 Å². The molecule has 2 atom stereocenters. The number of fused-ring (bicyclic) bond motifs is 3. The molecule has 1 aliphatic carbocycles. The first kappa shape index (κ1) is 19.5. The standard InChI is InChI=1S/C20H21N3O5S/c1-12-5-6-16-17(7-12)29-19-18(16)20(25)22(11-21-19)9-14(24)10-28-15-4-2-3-13(8-15)23(26)27/h2-4,8,11-12,14,24H,5-7,9-10H2,1H3. The fraction of sp³-hybridized carbons (Fsp3) is 0.400. The lowest BCUT2D eigenvalue weighted by Gasteiger charge is -2.17. The zero-order valence-electron chi connectivity index (χ0n) is 15.9. The van der Waals surface area contributed by atoms with Gasteiger partial charge in [-0.2, -0.15) is 0 Å². The highest BCUT2D eigenvalue weighted by molar-refractivity contribution is 7.18. The molecule has 0 amide bonds. The summed E-state index contributed by atoms with van der Waals surface area (Å²) in [4.78, 5) is 29.7. The summed E-state index contributed by atoms with van der Waals surface area (Å²) in [6, 6.07) is 5.76. The Morgan fingerprint density at radius 1 is 1.48 bits per heavy atom. The Hall–Kier alpha value is -2.78. The summed E-state index contributed by atoms with van der Waals surface area (Å²) in [7, 11) is 0. The smallest absolute Gasteiger partial charge is 0.273 e. The van der Waals surface area contributed by atoms with E-state index in [9.17, 15) is 20.0 Å². The lowest BCUT2D eigenvalue weighted by atomic mass is 9.89. The number of aliphatic hydroxyl groups excluding tert-OH is 1. The second-order valence-electron chi connectivity index (χ2n) is 7.45. The minimum atomic E-state index is -0.958. The molecule has 4 rings (SSSR count).